The van der Waals surface area contributed by atoms with Crippen LogP contribution >= 0.6 is 0 Å². The van der Waals surface area contributed by atoms with Crippen LogP contribution in [0.5, 0.6) is 0 Å². The molecule has 0 spiro atoms. The van der Waals surface area contributed by atoms with E-state index in [1.165, 1.54) is 0 Å². The zero-order chi connectivity index (χ0) is 11.8. The summed E-state index contributed by atoms with van der Waals surface area (Å²) in [5, 5.41) is 20.2. The molecule has 0 radical (unpaired) electrons. The predicted octanol–water partition coefficient (Wildman–Crippen LogP) is 0.394. The number of hydrogen-bond donors (Lipinski definition) is 1. The number of nitrogens with one attached hydrogen (secondary N) is 1. The summed E-state index contributed by atoms with van der Waals surface area (Å²) in [6.45, 7) is 1.73. The van der Waals surface area contributed by atoms with Gasteiger partial charge in [0.15, 0.2) is 0 Å². The molecule has 16 heavy (non-hydrogen) atoms. The highest BCUT2D eigenvalue weighted by Gasteiger charge is 2.26. The number of hydrogen-bond acceptors (Lipinski definition) is 4. The van der Waals surface area contributed by atoms with Gasteiger partial charge in [0.2, 0.25) is 5.91 Å². The maximum Gasteiger partial charge on any atom is 0.239 e. The second-order valence-corrected chi connectivity index (χ2v) is 3.79. The number of nitrogens with zero attached hydrogens (tertiary/aromatic N) is 3. The molecule has 1 rings (SSSR count). The van der Waals surface area contributed by atoms with E-state index in [-0.39, 0.29) is 11.9 Å². The summed E-state index contributed by atoms with van der Waals surface area (Å²) >= 11 is 0. The minimum Gasteiger partial charge on any atom is -0.339 e. The van der Waals surface area contributed by atoms with Crippen LogP contribution in [-0.2, 0) is 4.79 Å². The van der Waals surface area contributed by atoms with Crippen molar-refractivity contribution in [1.29, 1.82) is 10.5 Å². The lowest BCUT2D eigenvalue weighted by atomic mass is 10.2. The maximum absolute atomic E-state index is 12.0. The minimum absolute atomic E-state index is 0.0306. The smallest absolute Gasteiger partial charge is 0.239 e. The van der Waals surface area contributed by atoms with Gasteiger partial charge in [0.1, 0.15) is 0 Å². The summed E-state index contributed by atoms with van der Waals surface area (Å²) < 4.78 is 0. The van der Waals surface area contributed by atoms with Crippen LogP contribution in [-0.4, -0.2) is 36.5 Å². The summed E-state index contributed by atoms with van der Waals surface area (Å²) in [7, 11) is 0. The fraction of sp³-hybridized carbons (Fsp3) is 0.727. The molecule has 5 heteroatoms. The molecule has 0 aromatic heterocycles. The largest absolute Gasteiger partial charge is 0.339 e. The molecular weight excluding hydrogens is 204 g/mol. The van der Waals surface area contributed by atoms with E-state index in [9.17, 15) is 4.79 Å². The van der Waals surface area contributed by atoms with Gasteiger partial charge in [0.05, 0.1) is 31.0 Å². The quantitative estimate of drug-likeness (QED) is 0.727. The Hall–Kier alpha value is -1.59. The van der Waals surface area contributed by atoms with Crippen molar-refractivity contribution in [2.75, 3.05) is 19.6 Å². The van der Waals surface area contributed by atoms with Gasteiger partial charge in [-0.2, -0.15) is 10.5 Å². The standard InChI is InChI=1S/C11H16N4O/c12-5-2-8-15(9-3-6-13)11(16)10-4-1-7-14-10/h10,14H,1-4,7-9H2/t10-/m1/s1. The van der Waals surface area contributed by atoms with Crippen molar-refractivity contribution >= 4 is 5.91 Å². The van der Waals surface area contributed by atoms with Crippen molar-refractivity contribution in [3.63, 3.8) is 0 Å². The molecule has 1 aliphatic rings. The van der Waals surface area contributed by atoms with Crippen molar-refractivity contribution in [2.24, 2.45) is 0 Å². The Morgan fingerprint density at radius 2 is 1.94 bits per heavy atom. The van der Waals surface area contributed by atoms with E-state index in [1.807, 2.05) is 12.1 Å². The van der Waals surface area contributed by atoms with Crippen LogP contribution in [0.1, 0.15) is 25.7 Å². The van der Waals surface area contributed by atoms with Crippen LogP contribution in [0, 0.1) is 22.7 Å². The van der Waals surface area contributed by atoms with Gasteiger partial charge in [0.25, 0.3) is 0 Å². The summed E-state index contributed by atoms with van der Waals surface area (Å²) in [4.78, 5) is 13.6. The van der Waals surface area contributed by atoms with Crippen molar-refractivity contribution in [3.05, 3.63) is 0 Å². The molecule has 0 aromatic carbocycles. The number of amides is 1. The van der Waals surface area contributed by atoms with Crippen LogP contribution in [0.2, 0.25) is 0 Å². The molecule has 1 N–H and O–H groups in total. The van der Waals surface area contributed by atoms with E-state index >= 15 is 0 Å². The molecule has 1 aliphatic heterocycles. The first-order valence-electron chi connectivity index (χ1n) is 5.55. The van der Waals surface area contributed by atoms with Gasteiger partial charge in [-0.05, 0) is 19.4 Å². The van der Waals surface area contributed by atoms with Gasteiger partial charge >= 0.3 is 0 Å². The third-order valence-electron chi connectivity index (χ3n) is 2.66. The molecule has 0 bridgehead atoms. The minimum atomic E-state index is -0.114. The highest BCUT2D eigenvalue weighted by atomic mass is 16.2. The van der Waals surface area contributed by atoms with Gasteiger partial charge < -0.3 is 10.2 Å². The molecule has 1 heterocycles. The number of carbonyl (C=O) groups excluding carboxylic acids is 1. The number of rotatable bonds is 5. The third-order valence-corrected chi connectivity index (χ3v) is 2.66. The topological polar surface area (TPSA) is 79.9 Å². The van der Waals surface area contributed by atoms with Gasteiger partial charge in [0, 0.05) is 13.1 Å². The fourth-order valence-corrected chi connectivity index (χ4v) is 1.82. The summed E-state index contributed by atoms with van der Waals surface area (Å²) in [6, 6.07) is 3.93. The van der Waals surface area contributed by atoms with Crippen LogP contribution in [0.3, 0.4) is 0 Å². The number of nitriles is 2. The Labute approximate surface area is 95.6 Å². The lowest BCUT2D eigenvalue weighted by Crippen LogP contribution is -2.44. The monoisotopic (exact) mass is 220 g/mol. The average molecular weight is 220 g/mol. The first-order valence-corrected chi connectivity index (χ1v) is 5.55. The Morgan fingerprint density at radius 1 is 1.31 bits per heavy atom. The second kappa shape index (κ2) is 6.81. The van der Waals surface area contributed by atoms with Gasteiger partial charge in [-0.1, -0.05) is 0 Å². The van der Waals surface area contributed by atoms with Gasteiger partial charge in [-0.15, -0.1) is 0 Å². The molecule has 0 aliphatic carbocycles. The SMILES string of the molecule is N#CCCN(CCC#N)C(=O)[C@H]1CCCN1. The first-order chi connectivity index (χ1) is 7.79. The number of carbonyl (C=O) groups is 1. The van der Waals surface area contributed by atoms with E-state index in [0.717, 1.165) is 19.4 Å². The van der Waals surface area contributed by atoms with Crippen LogP contribution in [0.4, 0.5) is 0 Å². The zero-order valence-corrected chi connectivity index (χ0v) is 9.28. The molecule has 1 amide bonds. The summed E-state index contributed by atoms with van der Waals surface area (Å²) in [5.74, 6) is 0.0306. The lowest BCUT2D eigenvalue weighted by Gasteiger charge is -2.23. The van der Waals surface area contributed by atoms with E-state index in [2.05, 4.69) is 5.32 Å². The molecule has 1 fully saturated rings. The second-order valence-electron chi connectivity index (χ2n) is 3.79. The Kier molecular flexibility index (Phi) is 5.31. The molecule has 0 aromatic rings. The molecule has 0 unspecified atom stereocenters. The highest BCUT2D eigenvalue weighted by Crippen LogP contribution is 2.09. The van der Waals surface area contributed by atoms with Crippen LogP contribution in [0.15, 0.2) is 0 Å². The Balaban J connectivity index is 2.49. The molecule has 0 saturated carbocycles. The maximum atomic E-state index is 12.0. The first kappa shape index (κ1) is 12.5. The van der Waals surface area contributed by atoms with Crippen LogP contribution in [0.25, 0.3) is 0 Å². The van der Waals surface area contributed by atoms with Crippen molar-refractivity contribution in [1.82, 2.24) is 10.2 Å². The molecule has 5 nitrogen and oxygen atoms in total. The Bertz CT molecular complexity index is 291. The normalized spacial score (nSPS) is 18.8. The van der Waals surface area contributed by atoms with Crippen molar-refractivity contribution in [2.45, 2.75) is 31.7 Å². The van der Waals surface area contributed by atoms with E-state index in [0.29, 0.717) is 25.9 Å². The van der Waals surface area contributed by atoms with Crippen LogP contribution < -0.4 is 5.32 Å². The van der Waals surface area contributed by atoms with E-state index < -0.39 is 0 Å². The zero-order valence-electron chi connectivity index (χ0n) is 9.28. The third kappa shape index (κ3) is 3.52. The fourth-order valence-electron chi connectivity index (χ4n) is 1.82. The molecule has 1 atom stereocenters. The summed E-state index contributed by atoms with van der Waals surface area (Å²) in [5.41, 5.74) is 0. The molecular formula is C11H16N4O. The average Bonchev–Trinajstić information content (AvgIpc) is 2.82. The van der Waals surface area contributed by atoms with Crippen molar-refractivity contribution in [3.8, 4) is 12.1 Å². The van der Waals surface area contributed by atoms with Gasteiger partial charge in [-0.25, -0.2) is 0 Å². The summed E-state index contributed by atoms with van der Waals surface area (Å²) in [6.07, 6.45) is 2.52. The van der Waals surface area contributed by atoms with Gasteiger partial charge in [-0.3, -0.25) is 4.79 Å². The molecule has 86 valence electrons. The predicted molar refractivity (Wildman–Crippen MR) is 58.1 cm³/mol. The Morgan fingerprint density at radius 3 is 2.38 bits per heavy atom. The van der Waals surface area contributed by atoms with E-state index in [4.69, 9.17) is 10.5 Å². The highest BCUT2D eigenvalue weighted by molar-refractivity contribution is 5.82. The van der Waals surface area contributed by atoms with Crippen molar-refractivity contribution < 1.29 is 4.79 Å². The van der Waals surface area contributed by atoms with E-state index in [1.54, 1.807) is 4.90 Å². The lowest BCUT2D eigenvalue weighted by molar-refractivity contribution is -0.133. The molecule has 1 saturated heterocycles.